The molecule has 1 aliphatic heterocycles. The average Bonchev–Trinajstić information content (AvgIpc) is 2.66. The van der Waals surface area contributed by atoms with E-state index in [1.165, 1.54) is 6.07 Å². The number of ether oxygens (including phenoxy) is 3. The maximum absolute atomic E-state index is 12.5. The van der Waals surface area contributed by atoms with Crippen molar-refractivity contribution in [2.75, 3.05) is 19.8 Å². The number of carboxylic acid groups (broad SMARTS) is 1. The molecule has 0 radical (unpaired) electrons. The fraction of sp³-hybridized carbons (Fsp3) is 0.263. The van der Waals surface area contributed by atoms with Gasteiger partial charge in [-0.1, -0.05) is 12.1 Å². The molecule has 1 atom stereocenters. The number of amides is 1. The van der Waals surface area contributed by atoms with Crippen LogP contribution < -0.4 is 19.5 Å². The van der Waals surface area contributed by atoms with Crippen molar-refractivity contribution < 1.29 is 28.9 Å². The molecule has 0 fully saturated rings. The Hall–Kier alpha value is -3.22. The lowest BCUT2D eigenvalue weighted by molar-refractivity contribution is -0.139. The topological polar surface area (TPSA) is 94.1 Å². The highest BCUT2D eigenvalue weighted by Crippen LogP contribution is 2.32. The van der Waals surface area contributed by atoms with Gasteiger partial charge in [-0.25, -0.2) is 4.79 Å². The minimum Gasteiger partial charge on any atom is -0.486 e. The quantitative estimate of drug-likeness (QED) is 0.825. The van der Waals surface area contributed by atoms with E-state index in [0.717, 1.165) is 5.56 Å². The van der Waals surface area contributed by atoms with Gasteiger partial charge in [-0.2, -0.15) is 0 Å². The Balaban J connectivity index is 1.67. The molecular formula is C19H19NO6. The number of hydrogen-bond acceptors (Lipinski definition) is 5. The molecule has 0 saturated heterocycles. The van der Waals surface area contributed by atoms with Crippen LogP contribution in [0.3, 0.4) is 0 Å². The maximum Gasteiger partial charge on any atom is 0.341 e. The van der Waals surface area contributed by atoms with Crippen LogP contribution in [-0.4, -0.2) is 36.8 Å². The summed E-state index contributed by atoms with van der Waals surface area (Å²) in [6.07, 6.45) is 0. The molecule has 3 rings (SSSR count). The first kappa shape index (κ1) is 17.6. The van der Waals surface area contributed by atoms with Gasteiger partial charge < -0.3 is 24.6 Å². The number of carbonyl (C=O) groups excluding carboxylic acids is 1. The number of benzene rings is 2. The predicted molar refractivity (Wildman–Crippen MR) is 92.9 cm³/mol. The van der Waals surface area contributed by atoms with Crippen LogP contribution in [0.2, 0.25) is 0 Å². The Morgan fingerprint density at radius 2 is 1.92 bits per heavy atom. The summed E-state index contributed by atoms with van der Waals surface area (Å²) in [5, 5.41) is 11.6. The van der Waals surface area contributed by atoms with E-state index in [0.29, 0.717) is 36.0 Å². The number of carbonyl (C=O) groups is 2. The first-order chi connectivity index (χ1) is 12.5. The number of rotatable bonds is 6. The summed E-state index contributed by atoms with van der Waals surface area (Å²) in [5.74, 6) is 0.327. The first-order valence-corrected chi connectivity index (χ1v) is 8.18. The molecule has 1 heterocycles. The first-order valence-electron chi connectivity index (χ1n) is 8.18. The van der Waals surface area contributed by atoms with E-state index in [1.807, 2.05) is 25.1 Å². The number of nitrogens with one attached hydrogen (secondary N) is 1. The van der Waals surface area contributed by atoms with Crippen LogP contribution in [0.15, 0.2) is 42.5 Å². The molecule has 2 N–H and O–H groups in total. The van der Waals surface area contributed by atoms with E-state index in [-0.39, 0.29) is 11.9 Å². The Bertz CT molecular complexity index is 819. The smallest absolute Gasteiger partial charge is 0.341 e. The van der Waals surface area contributed by atoms with Crippen LogP contribution in [0.25, 0.3) is 0 Å². The fourth-order valence-corrected chi connectivity index (χ4v) is 2.56. The lowest BCUT2D eigenvalue weighted by atomic mass is 10.1. The van der Waals surface area contributed by atoms with Crippen molar-refractivity contribution in [2.45, 2.75) is 13.0 Å². The van der Waals surface area contributed by atoms with Crippen molar-refractivity contribution in [1.29, 1.82) is 0 Å². The molecule has 0 saturated carbocycles. The Kier molecular flexibility index (Phi) is 5.26. The van der Waals surface area contributed by atoms with Crippen molar-refractivity contribution in [2.24, 2.45) is 0 Å². The molecule has 0 aliphatic carbocycles. The molecule has 0 spiro atoms. The van der Waals surface area contributed by atoms with Crippen molar-refractivity contribution in [3.05, 3.63) is 53.6 Å². The zero-order valence-electron chi connectivity index (χ0n) is 14.2. The van der Waals surface area contributed by atoms with E-state index < -0.39 is 12.6 Å². The molecule has 26 heavy (non-hydrogen) atoms. The van der Waals surface area contributed by atoms with Crippen LogP contribution in [-0.2, 0) is 4.79 Å². The van der Waals surface area contributed by atoms with Crippen LogP contribution in [0.4, 0.5) is 0 Å². The molecule has 1 unspecified atom stereocenters. The number of carboxylic acids is 1. The number of hydrogen-bond donors (Lipinski definition) is 2. The van der Waals surface area contributed by atoms with Gasteiger partial charge in [0.05, 0.1) is 6.04 Å². The van der Waals surface area contributed by atoms with Crippen LogP contribution in [0, 0.1) is 0 Å². The summed E-state index contributed by atoms with van der Waals surface area (Å²) < 4.78 is 16.2. The third-order valence-electron chi connectivity index (χ3n) is 3.87. The van der Waals surface area contributed by atoms with Crippen LogP contribution in [0.5, 0.6) is 17.2 Å². The number of fused-ring (bicyclic) bond motifs is 1. The summed E-state index contributed by atoms with van der Waals surface area (Å²) in [6, 6.07) is 11.7. The molecule has 2 aromatic rings. The van der Waals surface area contributed by atoms with Crippen LogP contribution >= 0.6 is 0 Å². The second-order valence-electron chi connectivity index (χ2n) is 5.81. The van der Waals surface area contributed by atoms with Crippen molar-refractivity contribution in [3.8, 4) is 17.2 Å². The van der Waals surface area contributed by atoms with Gasteiger partial charge in [0.1, 0.15) is 19.0 Å². The standard InChI is InChI=1S/C19H19NO6/c1-12(13-5-6-16-17(10-13)25-8-7-24-16)20-19(23)14-3-2-4-15(9-14)26-11-18(21)22/h2-6,9-10,12H,7-8,11H2,1H3,(H,20,23)(H,21,22). The van der Waals surface area contributed by atoms with Crippen molar-refractivity contribution in [3.63, 3.8) is 0 Å². The van der Waals surface area contributed by atoms with Gasteiger partial charge in [0.25, 0.3) is 5.91 Å². The predicted octanol–water partition coefficient (Wildman–Crippen LogP) is 2.41. The van der Waals surface area contributed by atoms with Gasteiger partial charge in [-0.15, -0.1) is 0 Å². The second kappa shape index (κ2) is 7.77. The number of aliphatic carboxylic acids is 1. The summed E-state index contributed by atoms with van der Waals surface area (Å²) >= 11 is 0. The van der Waals surface area contributed by atoms with Crippen molar-refractivity contribution in [1.82, 2.24) is 5.32 Å². The minimum atomic E-state index is -1.08. The van der Waals surface area contributed by atoms with E-state index in [4.69, 9.17) is 19.3 Å². The SMILES string of the molecule is CC(NC(=O)c1cccc(OCC(=O)O)c1)c1ccc2c(c1)OCCO2. The van der Waals surface area contributed by atoms with Crippen molar-refractivity contribution >= 4 is 11.9 Å². The summed E-state index contributed by atoms with van der Waals surface area (Å²) in [5.41, 5.74) is 1.28. The highest BCUT2D eigenvalue weighted by Gasteiger charge is 2.16. The molecule has 1 amide bonds. The minimum absolute atomic E-state index is 0.248. The van der Waals surface area contributed by atoms with Gasteiger partial charge in [0.15, 0.2) is 18.1 Å². The largest absolute Gasteiger partial charge is 0.486 e. The van der Waals surface area contributed by atoms with E-state index >= 15 is 0 Å². The highest BCUT2D eigenvalue weighted by molar-refractivity contribution is 5.94. The zero-order valence-corrected chi connectivity index (χ0v) is 14.2. The van der Waals surface area contributed by atoms with Gasteiger partial charge >= 0.3 is 5.97 Å². The highest BCUT2D eigenvalue weighted by atomic mass is 16.6. The molecule has 136 valence electrons. The fourth-order valence-electron chi connectivity index (χ4n) is 2.56. The Morgan fingerprint density at radius 3 is 2.69 bits per heavy atom. The van der Waals surface area contributed by atoms with E-state index in [1.54, 1.807) is 18.2 Å². The normalized spacial score (nSPS) is 13.6. The summed E-state index contributed by atoms with van der Waals surface area (Å²) in [7, 11) is 0. The third kappa shape index (κ3) is 4.24. The molecule has 1 aliphatic rings. The molecule has 7 nitrogen and oxygen atoms in total. The molecule has 0 bridgehead atoms. The molecule has 2 aromatic carbocycles. The van der Waals surface area contributed by atoms with E-state index in [2.05, 4.69) is 5.32 Å². The van der Waals surface area contributed by atoms with Gasteiger partial charge in [0.2, 0.25) is 0 Å². The molecule has 7 heteroatoms. The summed E-state index contributed by atoms with van der Waals surface area (Å²) in [6.45, 7) is 2.44. The third-order valence-corrected chi connectivity index (χ3v) is 3.87. The molecular weight excluding hydrogens is 338 g/mol. The van der Waals surface area contributed by atoms with Gasteiger partial charge in [-0.3, -0.25) is 4.79 Å². The summed E-state index contributed by atoms with van der Waals surface area (Å²) in [4.78, 5) is 23.0. The second-order valence-corrected chi connectivity index (χ2v) is 5.81. The van der Waals surface area contributed by atoms with Crippen LogP contribution in [0.1, 0.15) is 28.9 Å². The average molecular weight is 357 g/mol. The molecule has 0 aromatic heterocycles. The lowest BCUT2D eigenvalue weighted by Gasteiger charge is -2.21. The van der Waals surface area contributed by atoms with Gasteiger partial charge in [-0.05, 0) is 42.8 Å². The van der Waals surface area contributed by atoms with E-state index in [9.17, 15) is 9.59 Å². The monoisotopic (exact) mass is 357 g/mol. The Labute approximate surface area is 150 Å². The Morgan fingerprint density at radius 1 is 1.15 bits per heavy atom. The lowest BCUT2D eigenvalue weighted by Crippen LogP contribution is -2.27. The zero-order chi connectivity index (χ0) is 18.5. The maximum atomic E-state index is 12.5. The van der Waals surface area contributed by atoms with Gasteiger partial charge in [0, 0.05) is 5.56 Å².